The Balaban J connectivity index is 2.25. The Morgan fingerprint density at radius 3 is 2.85 bits per heavy atom. The van der Waals surface area contributed by atoms with Crippen molar-refractivity contribution in [2.75, 3.05) is 11.5 Å². The SMILES string of the molecule is SCCCCSc1ccc(Cl)cn1. The van der Waals surface area contributed by atoms with Crippen molar-refractivity contribution in [1.29, 1.82) is 0 Å². The van der Waals surface area contributed by atoms with Crippen molar-refractivity contribution < 1.29 is 0 Å². The number of pyridine rings is 1. The lowest BCUT2D eigenvalue weighted by Crippen LogP contribution is -1.84. The van der Waals surface area contributed by atoms with Gasteiger partial charge in [0.1, 0.15) is 0 Å². The van der Waals surface area contributed by atoms with Crippen molar-refractivity contribution in [3.05, 3.63) is 23.4 Å². The number of halogens is 1. The van der Waals surface area contributed by atoms with Gasteiger partial charge in [-0.25, -0.2) is 4.98 Å². The van der Waals surface area contributed by atoms with Gasteiger partial charge in [0.05, 0.1) is 10.0 Å². The van der Waals surface area contributed by atoms with E-state index in [4.69, 9.17) is 11.6 Å². The van der Waals surface area contributed by atoms with Gasteiger partial charge >= 0.3 is 0 Å². The second kappa shape index (κ2) is 6.57. The first-order chi connectivity index (χ1) is 6.33. The smallest absolute Gasteiger partial charge is 0.0960 e. The number of unbranched alkanes of at least 4 members (excludes halogenated alkanes) is 1. The minimum atomic E-state index is 0.694. The van der Waals surface area contributed by atoms with Gasteiger partial charge in [0.2, 0.25) is 0 Å². The molecule has 1 aromatic heterocycles. The Kier molecular flexibility index (Phi) is 5.67. The number of aromatic nitrogens is 1. The van der Waals surface area contributed by atoms with Crippen LogP contribution in [0.3, 0.4) is 0 Å². The Bertz CT molecular complexity index is 238. The summed E-state index contributed by atoms with van der Waals surface area (Å²) in [5.74, 6) is 2.07. The van der Waals surface area contributed by atoms with E-state index in [1.54, 1.807) is 18.0 Å². The molecule has 1 heterocycles. The Morgan fingerprint density at radius 1 is 1.38 bits per heavy atom. The molecule has 0 radical (unpaired) electrons. The average Bonchev–Trinajstić information content (AvgIpc) is 2.15. The molecule has 0 spiro atoms. The summed E-state index contributed by atoms with van der Waals surface area (Å²) in [6.07, 6.45) is 4.05. The van der Waals surface area contributed by atoms with E-state index < -0.39 is 0 Å². The van der Waals surface area contributed by atoms with E-state index in [-0.39, 0.29) is 0 Å². The van der Waals surface area contributed by atoms with Crippen LogP contribution >= 0.6 is 36.0 Å². The third kappa shape index (κ3) is 4.79. The highest BCUT2D eigenvalue weighted by Crippen LogP contribution is 2.18. The summed E-state index contributed by atoms with van der Waals surface area (Å²) in [5, 5.41) is 1.74. The Hall–Kier alpha value is 0.140. The van der Waals surface area contributed by atoms with Crippen LogP contribution in [0, 0.1) is 0 Å². The highest BCUT2D eigenvalue weighted by atomic mass is 35.5. The number of hydrogen-bond acceptors (Lipinski definition) is 3. The zero-order valence-corrected chi connectivity index (χ0v) is 9.71. The van der Waals surface area contributed by atoms with Crippen LogP contribution in [0.25, 0.3) is 0 Å². The van der Waals surface area contributed by atoms with E-state index in [9.17, 15) is 0 Å². The molecule has 1 nitrogen and oxygen atoms in total. The van der Waals surface area contributed by atoms with Crippen LogP contribution < -0.4 is 0 Å². The first kappa shape index (κ1) is 11.2. The monoisotopic (exact) mass is 233 g/mol. The topological polar surface area (TPSA) is 12.9 Å². The molecule has 1 rings (SSSR count). The fourth-order valence-electron chi connectivity index (χ4n) is 0.838. The lowest BCUT2D eigenvalue weighted by Gasteiger charge is -1.99. The van der Waals surface area contributed by atoms with Crippen LogP contribution in [0.15, 0.2) is 23.4 Å². The summed E-state index contributed by atoms with van der Waals surface area (Å²) >= 11 is 11.6. The maximum Gasteiger partial charge on any atom is 0.0960 e. The molecule has 72 valence electrons. The van der Waals surface area contributed by atoms with E-state index in [1.807, 2.05) is 12.1 Å². The fourth-order valence-corrected chi connectivity index (χ4v) is 2.02. The highest BCUT2D eigenvalue weighted by Gasteiger charge is 1.94. The molecule has 0 atom stereocenters. The molecular formula is C9H12ClNS2. The van der Waals surface area contributed by atoms with Gasteiger partial charge in [-0.1, -0.05) is 11.6 Å². The van der Waals surface area contributed by atoms with E-state index in [0.29, 0.717) is 5.02 Å². The largest absolute Gasteiger partial charge is 0.248 e. The maximum atomic E-state index is 5.71. The van der Waals surface area contributed by atoms with Crippen LogP contribution in [-0.4, -0.2) is 16.5 Å². The number of thiol groups is 1. The minimum Gasteiger partial charge on any atom is -0.248 e. The minimum absolute atomic E-state index is 0.694. The normalized spacial score (nSPS) is 10.3. The van der Waals surface area contributed by atoms with Gasteiger partial charge in [0, 0.05) is 6.20 Å². The van der Waals surface area contributed by atoms with Gasteiger partial charge in [-0.3, -0.25) is 0 Å². The molecular weight excluding hydrogens is 222 g/mol. The molecule has 0 aliphatic carbocycles. The second-order valence-corrected chi connectivity index (χ2v) is 4.59. The number of hydrogen-bond donors (Lipinski definition) is 1. The predicted octanol–water partition coefficient (Wildman–Crippen LogP) is 3.54. The number of thioether (sulfide) groups is 1. The summed E-state index contributed by atoms with van der Waals surface area (Å²) in [5.41, 5.74) is 0. The molecule has 0 aliphatic heterocycles. The van der Waals surface area contributed by atoms with Crippen molar-refractivity contribution in [2.45, 2.75) is 17.9 Å². The quantitative estimate of drug-likeness (QED) is 0.475. The van der Waals surface area contributed by atoms with Gasteiger partial charge in [-0.05, 0) is 36.5 Å². The van der Waals surface area contributed by atoms with Crippen molar-refractivity contribution in [1.82, 2.24) is 4.98 Å². The molecule has 0 saturated carbocycles. The molecule has 0 saturated heterocycles. The lowest BCUT2D eigenvalue weighted by molar-refractivity contribution is 0.908. The first-order valence-corrected chi connectivity index (χ1v) is 6.18. The average molecular weight is 234 g/mol. The van der Waals surface area contributed by atoms with Crippen molar-refractivity contribution >= 4 is 36.0 Å². The second-order valence-electron chi connectivity index (χ2n) is 2.59. The summed E-state index contributed by atoms with van der Waals surface area (Å²) in [6, 6.07) is 3.82. The number of nitrogens with zero attached hydrogens (tertiary/aromatic N) is 1. The van der Waals surface area contributed by atoms with Gasteiger partial charge in [0.25, 0.3) is 0 Å². The van der Waals surface area contributed by atoms with Gasteiger partial charge in [-0.2, -0.15) is 12.6 Å². The molecule has 0 unspecified atom stereocenters. The fraction of sp³-hybridized carbons (Fsp3) is 0.444. The number of rotatable bonds is 5. The summed E-state index contributed by atoms with van der Waals surface area (Å²) < 4.78 is 0. The van der Waals surface area contributed by atoms with Crippen LogP contribution in [0.1, 0.15) is 12.8 Å². The zero-order chi connectivity index (χ0) is 9.52. The maximum absolute atomic E-state index is 5.71. The molecule has 13 heavy (non-hydrogen) atoms. The summed E-state index contributed by atoms with van der Waals surface area (Å²) in [6.45, 7) is 0. The highest BCUT2D eigenvalue weighted by molar-refractivity contribution is 7.99. The Labute approximate surface area is 93.7 Å². The zero-order valence-electron chi connectivity index (χ0n) is 7.24. The molecule has 0 aromatic carbocycles. The standard InChI is InChI=1S/C9H12ClNS2/c10-8-3-4-9(11-7-8)13-6-2-1-5-12/h3-4,7,12H,1-2,5-6H2. The van der Waals surface area contributed by atoms with Crippen LogP contribution in [0.2, 0.25) is 5.02 Å². The third-order valence-corrected chi connectivity index (χ3v) is 3.07. The van der Waals surface area contributed by atoms with Crippen molar-refractivity contribution in [3.8, 4) is 0 Å². The van der Waals surface area contributed by atoms with Crippen LogP contribution in [0.5, 0.6) is 0 Å². The van der Waals surface area contributed by atoms with Gasteiger partial charge in [0.15, 0.2) is 0 Å². The summed E-state index contributed by atoms with van der Waals surface area (Å²) in [7, 11) is 0. The molecule has 4 heteroatoms. The van der Waals surface area contributed by atoms with Gasteiger partial charge in [-0.15, -0.1) is 11.8 Å². The predicted molar refractivity (Wildman–Crippen MR) is 63.1 cm³/mol. The first-order valence-electron chi connectivity index (χ1n) is 4.18. The van der Waals surface area contributed by atoms with E-state index in [2.05, 4.69) is 17.6 Å². The van der Waals surface area contributed by atoms with Crippen molar-refractivity contribution in [2.24, 2.45) is 0 Å². The molecule has 0 amide bonds. The van der Waals surface area contributed by atoms with E-state index in [0.717, 1.165) is 16.5 Å². The molecule has 0 bridgehead atoms. The van der Waals surface area contributed by atoms with E-state index in [1.165, 1.54) is 12.8 Å². The summed E-state index contributed by atoms with van der Waals surface area (Å²) in [4.78, 5) is 4.19. The van der Waals surface area contributed by atoms with Gasteiger partial charge < -0.3 is 0 Å². The van der Waals surface area contributed by atoms with Crippen LogP contribution in [-0.2, 0) is 0 Å². The molecule has 1 aromatic rings. The van der Waals surface area contributed by atoms with Crippen LogP contribution in [0.4, 0.5) is 0 Å². The van der Waals surface area contributed by atoms with E-state index >= 15 is 0 Å². The molecule has 0 aliphatic rings. The lowest BCUT2D eigenvalue weighted by atomic mass is 10.4. The van der Waals surface area contributed by atoms with Crippen molar-refractivity contribution in [3.63, 3.8) is 0 Å². The Morgan fingerprint density at radius 2 is 2.23 bits per heavy atom. The molecule has 0 N–H and O–H groups in total. The third-order valence-electron chi connectivity index (χ3n) is 1.50. The molecule has 0 fully saturated rings.